The average molecular weight is 419 g/mol. The highest BCUT2D eigenvalue weighted by Gasteiger charge is 2.13. The van der Waals surface area contributed by atoms with Crippen LogP contribution in [0, 0.1) is 0 Å². The van der Waals surface area contributed by atoms with E-state index in [2.05, 4.69) is 44.0 Å². The van der Waals surface area contributed by atoms with Gasteiger partial charge in [-0.2, -0.15) is 0 Å². The summed E-state index contributed by atoms with van der Waals surface area (Å²) < 4.78 is 7.53. The third kappa shape index (κ3) is 4.24. The molecule has 0 aliphatic carbocycles. The monoisotopic (exact) mass is 416 g/mol. The molecule has 1 unspecified atom stereocenters. The topological polar surface area (TPSA) is 9.23 Å². The van der Waals surface area contributed by atoms with Gasteiger partial charge < -0.3 is 4.74 Å². The lowest BCUT2D eigenvalue weighted by molar-refractivity contribution is 0.340. The fraction of sp³-hybridized carbons (Fsp3) is 0.250. The molecule has 20 heavy (non-hydrogen) atoms. The molecule has 1 atom stereocenters. The highest BCUT2D eigenvalue weighted by molar-refractivity contribution is 9.10. The summed E-state index contributed by atoms with van der Waals surface area (Å²) in [6.07, 6.45) is 0.785. The third-order valence-electron chi connectivity index (χ3n) is 2.92. The van der Waals surface area contributed by atoms with Gasteiger partial charge in [0.05, 0.1) is 12.0 Å². The van der Waals surface area contributed by atoms with Crippen LogP contribution in [0.2, 0.25) is 0 Å². The van der Waals surface area contributed by atoms with Gasteiger partial charge in [-0.05, 0) is 48.7 Å². The second kappa shape index (κ2) is 7.48. The summed E-state index contributed by atoms with van der Waals surface area (Å²) in [5, 5.41) is -0.0747. The van der Waals surface area contributed by atoms with Crippen molar-refractivity contribution >= 4 is 43.5 Å². The molecule has 4 heteroatoms. The van der Waals surface area contributed by atoms with Gasteiger partial charge in [-0.3, -0.25) is 0 Å². The van der Waals surface area contributed by atoms with Gasteiger partial charge in [0, 0.05) is 8.95 Å². The first-order valence-electron chi connectivity index (χ1n) is 6.41. The fourth-order valence-electron chi connectivity index (χ4n) is 2.00. The van der Waals surface area contributed by atoms with Crippen molar-refractivity contribution in [1.82, 2.24) is 0 Å². The van der Waals surface area contributed by atoms with Crippen molar-refractivity contribution in [2.24, 2.45) is 0 Å². The summed E-state index contributed by atoms with van der Waals surface area (Å²) in [7, 11) is 0. The molecule has 0 aliphatic heterocycles. The third-order valence-corrected chi connectivity index (χ3v) is 4.49. The molecule has 0 aliphatic rings. The Morgan fingerprint density at radius 2 is 1.95 bits per heavy atom. The predicted molar refractivity (Wildman–Crippen MR) is 91.8 cm³/mol. The molecular weight excluding hydrogens is 403 g/mol. The SMILES string of the molecule is CCOc1ccc(C(Cl)Cc2cccc(Br)c2)c(Br)c1. The first-order chi connectivity index (χ1) is 9.60. The lowest BCUT2D eigenvalue weighted by Gasteiger charge is -2.13. The first kappa shape index (κ1) is 15.9. The van der Waals surface area contributed by atoms with Crippen LogP contribution in [-0.4, -0.2) is 6.61 Å². The zero-order chi connectivity index (χ0) is 14.5. The zero-order valence-corrected chi connectivity index (χ0v) is 15.0. The van der Waals surface area contributed by atoms with Crippen LogP contribution in [-0.2, 0) is 6.42 Å². The molecule has 0 radical (unpaired) electrons. The molecule has 0 amide bonds. The number of ether oxygens (including phenoxy) is 1. The fourth-order valence-corrected chi connectivity index (χ4v) is 3.58. The van der Waals surface area contributed by atoms with Crippen LogP contribution in [0.5, 0.6) is 5.75 Å². The van der Waals surface area contributed by atoms with E-state index in [1.165, 1.54) is 5.56 Å². The highest BCUT2D eigenvalue weighted by atomic mass is 79.9. The quantitative estimate of drug-likeness (QED) is 0.531. The first-order valence-corrected chi connectivity index (χ1v) is 8.43. The number of benzene rings is 2. The molecule has 0 saturated carbocycles. The molecule has 0 spiro atoms. The van der Waals surface area contributed by atoms with Crippen LogP contribution in [0.3, 0.4) is 0 Å². The van der Waals surface area contributed by atoms with Gasteiger partial charge in [0.1, 0.15) is 5.75 Å². The van der Waals surface area contributed by atoms with Crippen molar-refractivity contribution in [3.05, 3.63) is 62.5 Å². The normalized spacial score (nSPS) is 12.2. The molecule has 0 aromatic heterocycles. The Morgan fingerprint density at radius 3 is 2.60 bits per heavy atom. The molecule has 0 bridgehead atoms. The molecule has 1 nitrogen and oxygen atoms in total. The Kier molecular flexibility index (Phi) is 5.94. The van der Waals surface area contributed by atoms with Crippen molar-refractivity contribution in [3.8, 4) is 5.75 Å². The molecule has 106 valence electrons. The van der Waals surface area contributed by atoms with Gasteiger partial charge in [-0.15, -0.1) is 11.6 Å². The van der Waals surface area contributed by atoms with Crippen LogP contribution < -0.4 is 4.74 Å². The summed E-state index contributed by atoms with van der Waals surface area (Å²) in [5.41, 5.74) is 2.29. The smallest absolute Gasteiger partial charge is 0.120 e. The molecular formula is C16H15Br2ClO. The van der Waals surface area contributed by atoms with E-state index in [1.54, 1.807) is 0 Å². The number of rotatable bonds is 5. The van der Waals surface area contributed by atoms with Gasteiger partial charge in [-0.25, -0.2) is 0 Å². The lowest BCUT2D eigenvalue weighted by atomic mass is 10.0. The van der Waals surface area contributed by atoms with Crippen molar-refractivity contribution in [2.45, 2.75) is 18.7 Å². The Balaban J connectivity index is 2.14. The number of hydrogen-bond acceptors (Lipinski definition) is 1. The van der Waals surface area contributed by atoms with E-state index in [9.17, 15) is 0 Å². The van der Waals surface area contributed by atoms with Crippen LogP contribution in [0.25, 0.3) is 0 Å². The van der Waals surface area contributed by atoms with E-state index >= 15 is 0 Å². The van der Waals surface area contributed by atoms with Gasteiger partial charge >= 0.3 is 0 Å². The van der Waals surface area contributed by atoms with E-state index in [0.29, 0.717) is 6.61 Å². The largest absolute Gasteiger partial charge is 0.494 e. The molecule has 0 fully saturated rings. The minimum absolute atomic E-state index is 0.0747. The summed E-state index contributed by atoms with van der Waals surface area (Å²) in [6.45, 7) is 2.63. The van der Waals surface area contributed by atoms with Crippen molar-refractivity contribution in [2.75, 3.05) is 6.61 Å². The maximum Gasteiger partial charge on any atom is 0.120 e. The molecule has 0 saturated heterocycles. The molecule has 2 aromatic rings. The highest BCUT2D eigenvalue weighted by Crippen LogP contribution is 2.33. The predicted octanol–water partition coefficient (Wildman–Crippen LogP) is 6.13. The zero-order valence-electron chi connectivity index (χ0n) is 11.1. The molecule has 2 aromatic carbocycles. The molecule has 0 N–H and O–H groups in total. The van der Waals surface area contributed by atoms with Gasteiger partial charge in [0.25, 0.3) is 0 Å². The minimum Gasteiger partial charge on any atom is -0.494 e. The van der Waals surface area contributed by atoms with Crippen LogP contribution in [0.1, 0.15) is 23.4 Å². The lowest BCUT2D eigenvalue weighted by Crippen LogP contribution is -1.98. The minimum atomic E-state index is -0.0747. The average Bonchev–Trinajstić information content (AvgIpc) is 2.39. The van der Waals surface area contributed by atoms with Gasteiger partial charge in [0.2, 0.25) is 0 Å². The second-order valence-corrected chi connectivity index (χ2v) is 6.71. The van der Waals surface area contributed by atoms with Crippen LogP contribution in [0.4, 0.5) is 0 Å². The van der Waals surface area contributed by atoms with Crippen LogP contribution in [0.15, 0.2) is 51.4 Å². The Morgan fingerprint density at radius 1 is 1.15 bits per heavy atom. The summed E-state index contributed by atoms with van der Waals surface area (Å²) in [4.78, 5) is 0. The van der Waals surface area contributed by atoms with Crippen molar-refractivity contribution in [1.29, 1.82) is 0 Å². The van der Waals surface area contributed by atoms with Gasteiger partial charge in [-0.1, -0.05) is 50.1 Å². The van der Waals surface area contributed by atoms with E-state index in [4.69, 9.17) is 16.3 Å². The maximum absolute atomic E-state index is 6.54. The second-order valence-electron chi connectivity index (χ2n) is 4.42. The molecule has 0 heterocycles. The number of halogens is 3. The van der Waals surface area contributed by atoms with Gasteiger partial charge in [0.15, 0.2) is 0 Å². The Bertz CT molecular complexity index is 586. The van der Waals surface area contributed by atoms with Crippen molar-refractivity contribution < 1.29 is 4.74 Å². The van der Waals surface area contributed by atoms with E-state index in [0.717, 1.165) is 26.7 Å². The van der Waals surface area contributed by atoms with E-state index < -0.39 is 0 Å². The number of hydrogen-bond donors (Lipinski definition) is 0. The summed E-state index contributed by atoms with van der Waals surface area (Å²) in [5.74, 6) is 0.856. The Labute approximate surface area is 141 Å². The summed E-state index contributed by atoms with van der Waals surface area (Å²) >= 11 is 13.6. The molecule has 2 rings (SSSR count). The van der Waals surface area contributed by atoms with Crippen molar-refractivity contribution in [3.63, 3.8) is 0 Å². The standard InChI is InChI=1S/C16H15Br2ClO/c1-2-20-13-6-7-14(15(18)10-13)16(19)9-11-4-3-5-12(17)8-11/h3-8,10,16H,2,9H2,1H3. The van der Waals surface area contributed by atoms with E-state index in [1.807, 2.05) is 37.3 Å². The van der Waals surface area contributed by atoms with Crippen LogP contribution >= 0.6 is 43.5 Å². The maximum atomic E-state index is 6.54. The summed E-state index contributed by atoms with van der Waals surface area (Å²) in [6, 6.07) is 14.2. The Hall–Kier alpha value is -0.510. The number of alkyl halides is 1. The van der Waals surface area contributed by atoms with E-state index in [-0.39, 0.29) is 5.38 Å².